The second-order valence-electron chi connectivity index (χ2n) is 4.45. The highest BCUT2D eigenvalue weighted by molar-refractivity contribution is 5.85. The molecular formula is C15H20N2O. The smallest absolute Gasteiger partial charge is 0.0484 e. The van der Waals surface area contributed by atoms with Crippen LogP contribution in [-0.4, -0.2) is 18.2 Å². The Morgan fingerprint density at radius 3 is 3.00 bits per heavy atom. The summed E-state index contributed by atoms with van der Waals surface area (Å²) in [6.45, 7) is 3.64. The van der Waals surface area contributed by atoms with Crippen molar-refractivity contribution in [3.05, 3.63) is 42.2 Å². The van der Waals surface area contributed by atoms with Crippen LogP contribution in [0.5, 0.6) is 0 Å². The first-order chi connectivity index (χ1) is 8.83. The molecule has 0 amide bonds. The predicted molar refractivity (Wildman–Crippen MR) is 74.4 cm³/mol. The van der Waals surface area contributed by atoms with Gasteiger partial charge in [0.25, 0.3) is 0 Å². The van der Waals surface area contributed by atoms with Gasteiger partial charge in [-0.1, -0.05) is 25.1 Å². The summed E-state index contributed by atoms with van der Waals surface area (Å²) >= 11 is 0. The number of pyridine rings is 1. The van der Waals surface area contributed by atoms with Crippen LogP contribution < -0.4 is 5.73 Å². The zero-order valence-electron chi connectivity index (χ0n) is 10.8. The van der Waals surface area contributed by atoms with Gasteiger partial charge in [0.15, 0.2) is 0 Å². The van der Waals surface area contributed by atoms with Crippen molar-refractivity contribution in [3.8, 4) is 0 Å². The fourth-order valence-electron chi connectivity index (χ4n) is 2.08. The molecule has 0 fully saturated rings. The maximum absolute atomic E-state index is 6.24. The molecule has 3 nitrogen and oxygen atoms in total. The van der Waals surface area contributed by atoms with Gasteiger partial charge in [-0.3, -0.25) is 4.98 Å². The van der Waals surface area contributed by atoms with E-state index >= 15 is 0 Å². The molecule has 3 heteroatoms. The van der Waals surface area contributed by atoms with Crippen LogP contribution in [0, 0.1) is 0 Å². The van der Waals surface area contributed by atoms with Crippen LogP contribution >= 0.6 is 0 Å². The Morgan fingerprint density at radius 1 is 1.28 bits per heavy atom. The van der Waals surface area contributed by atoms with Crippen molar-refractivity contribution < 1.29 is 4.74 Å². The van der Waals surface area contributed by atoms with Crippen LogP contribution in [0.1, 0.15) is 31.4 Å². The van der Waals surface area contributed by atoms with Crippen LogP contribution in [0.3, 0.4) is 0 Å². The van der Waals surface area contributed by atoms with Gasteiger partial charge in [-0.15, -0.1) is 0 Å². The molecule has 1 unspecified atom stereocenters. The van der Waals surface area contributed by atoms with Gasteiger partial charge < -0.3 is 10.5 Å². The van der Waals surface area contributed by atoms with Crippen LogP contribution in [0.15, 0.2) is 36.7 Å². The molecule has 0 saturated carbocycles. The molecule has 2 aromatic rings. The molecular weight excluding hydrogens is 224 g/mol. The summed E-state index contributed by atoms with van der Waals surface area (Å²) in [5.74, 6) is 0. The largest absolute Gasteiger partial charge is 0.381 e. The third-order valence-electron chi connectivity index (χ3n) is 3.04. The van der Waals surface area contributed by atoms with E-state index in [-0.39, 0.29) is 6.04 Å². The topological polar surface area (TPSA) is 48.1 Å². The number of ether oxygens (including phenoxy) is 1. The van der Waals surface area contributed by atoms with E-state index in [2.05, 4.69) is 24.0 Å². The van der Waals surface area contributed by atoms with E-state index in [1.54, 1.807) is 0 Å². The van der Waals surface area contributed by atoms with E-state index in [1.165, 1.54) is 10.9 Å². The lowest BCUT2D eigenvalue weighted by molar-refractivity contribution is 0.128. The molecule has 1 aromatic heterocycles. The van der Waals surface area contributed by atoms with Crippen molar-refractivity contribution >= 4 is 10.8 Å². The number of fused-ring (bicyclic) bond motifs is 1. The first kappa shape index (κ1) is 13.0. The zero-order chi connectivity index (χ0) is 12.8. The lowest BCUT2D eigenvalue weighted by Crippen LogP contribution is -2.13. The third-order valence-corrected chi connectivity index (χ3v) is 3.04. The Kier molecular flexibility index (Phi) is 4.67. The summed E-state index contributed by atoms with van der Waals surface area (Å²) in [5.41, 5.74) is 7.42. The van der Waals surface area contributed by atoms with E-state index < -0.39 is 0 Å². The lowest BCUT2D eigenvalue weighted by atomic mass is 9.99. The maximum Gasteiger partial charge on any atom is 0.0484 e. The minimum Gasteiger partial charge on any atom is -0.381 e. The normalized spacial score (nSPS) is 12.8. The second kappa shape index (κ2) is 6.47. The number of aromatic nitrogens is 1. The minimum atomic E-state index is 0.0213. The quantitative estimate of drug-likeness (QED) is 0.794. The predicted octanol–water partition coefficient (Wildman–Crippen LogP) is 3.05. The Bertz CT molecular complexity index is 493. The first-order valence-electron chi connectivity index (χ1n) is 6.49. The van der Waals surface area contributed by atoms with Crippen molar-refractivity contribution in [1.29, 1.82) is 0 Å². The van der Waals surface area contributed by atoms with Gasteiger partial charge in [0, 0.05) is 37.0 Å². The zero-order valence-corrected chi connectivity index (χ0v) is 10.8. The van der Waals surface area contributed by atoms with Gasteiger partial charge >= 0.3 is 0 Å². The van der Waals surface area contributed by atoms with Crippen LogP contribution in [0.4, 0.5) is 0 Å². The fourth-order valence-corrected chi connectivity index (χ4v) is 2.08. The first-order valence-corrected chi connectivity index (χ1v) is 6.49. The number of hydrogen-bond donors (Lipinski definition) is 1. The molecule has 2 N–H and O–H groups in total. The van der Waals surface area contributed by atoms with Crippen molar-refractivity contribution in [2.45, 2.75) is 25.8 Å². The van der Waals surface area contributed by atoms with Crippen molar-refractivity contribution in [1.82, 2.24) is 4.98 Å². The van der Waals surface area contributed by atoms with Crippen molar-refractivity contribution in [2.75, 3.05) is 13.2 Å². The minimum absolute atomic E-state index is 0.0213. The lowest BCUT2D eigenvalue weighted by Gasteiger charge is -2.14. The van der Waals surface area contributed by atoms with Gasteiger partial charge in [-0.25, -0.2) is 0 Å². The van der Waals surface area contributed by atoms with Gasteiger partial charge in [-0.05, 0) is 29.9 Å². The fraction of sp³-hybridized carbons (Fsp3) is 0.400. The van der Waals surface area contributed by atoms with Gasteiger partial charge in [0.2, 0.25) is 0 Å². The molecule has 1 aromatic carbocycles. The molecule has 1 atom stereocenters. The molecule has 18 heavy (non-hydrogen) atoms. The molecule has 0 aliphatic carbocycles. The van der Waals surface area contributed by atoms with E-state index in [1.807, 2.05) is 24.5 Å². The Hall–Kier alpha value is -1.45. The van der Waals surface area contributed by atoms with E-state index in [4.69, 9.17) is 10.5 Å². The monoisotopic (exact) mass is 244 g/mol. The number of rotatable bonds is 6. The van der Waals surface area contributed by atoms with Gasteiger partial charge in [-0.2, -0.15) is 0 Å². The highest BCUT2D eigenvalue weighted by Gasteiger charge is 2.09. The standard InChI is InChI=1S/C15H20N2O/c1-2-9-18-10-7-15(16)14-5-3-4-12-11-17-8-6-13(12)14/h3-6,8,11,15H,2,7,9-10,16H2,1H3. The summed E-state index contributed by atoms with van der Waals surface area (Å²) in [6, 6.07) is 8.23. The van der Waals surface area contributed by atoms with Crippen molar-refractivity contribution in [2.24, 2.45) is 5.73 Å². The molecule has 2 rings (SSSR count). The highest BCUT2D eigenvalue weighted by atomic mass is 16.5. The van der Waals surface area contributed by atoms with E-state index in [9.17, 15) is 0 Å². The van der Waals surface area contributed by atoms with E-state index in [0.29, 0.717) is 0 Å². The molecule has 1 heterocycles. The van der Waals surface area contributed by atoms with Crippen LogP contribution in [0.25, 0.3) is 10.8 Å². The van der Waals surface area contributed by atoms with Crippen LogP contribution in [-0.2, 0) is 4.74 Å². The number of nitrogens with zero attached hydrogens (tertiary/aromatic N) is 1. The summed E-state index contributed by atoms with van der Waals surface area (Å²) in [7, 11) is 0. The summed E-state index contributed by atoms with van der Waals surface area (Å²) in [6.07, 6.45) is 5.59. The Balaban J connectivity index is 2.10. The van der Waals surface area contributed by atoms with Crippen LogP contribution in [0.2, 0.25) is 0 Å². The summed E-state index contributed by atoms with van der Waals surface area (Å²) < 4.78 is 5.49. The SMILES string of the molecule is CCCOCCC(N)c1cccc2cnccc12. The van der Waals surface area contributed by atoms with Crippen molar-refractivity contribution in [3.63, 3.8) is 0 Å². The second-order valence-corrected chi connectivity index (χ2v) is 4.45. The third kappa shape index (κ3) is 3.06. The Labute approximate surface area is 108 Å². The molecule has 0 radical (unpaired) electrons. The average molecular weight is 244 g/mol. The number of benzene rings is 1. The van der Waals surface area contributed by atoms with E-state index in [0.717, 1.165) is 31.4 Å². The molecule has 96 valence electrons. The number of nitrogens with two attached hydrogens (primary N) is 1. The Morgan fingerprint density at radius 2 is 2.17 bits per heavy atom. The molecule has 0 saturated heterocycles. The summed E-state index contributed by atoms with van der Waals surface area (Å²) in [4.78, 5) is 4.13. The average Bonchev–Trinajstić information content (AvgIpc) is 2.43. The molecule has 0 aliphatic rings. The van der Waals surface area contributed by atoms with Gasteiger partial charge in [0.05, 0.1) is 0 Å². The molecule has 0 aliphatic heterocycles. The maximum atomic E-state index is 6.24. The highest BCUT2D eigenvalue weighted by Crippen LogP contribution is 2.24. The van der Waals surface area contributed by atoms with Gasteiger partial charge in [0.1, 0.15) is 0 Å². The molecule has 0 bridgehead atoms. The number of hydrogen-bond acceptors (Lipinski definition) is 3. The summed E-state index contributed by atoms with van der Waals surface area (Å²) in [5, 5.41) is 2.33. The molecule has 0 spiro atoms.